The van der Waals surface area contributed by atoms with E-state index in [0.717, 1.165) is 0 Å². The lowest BCUT2D eigenvalue weighted by atomic mass is 10.1. The Morgan fingerprint density at radius 1 is 1.28 bits per heavy atom. The number of hydrogen-bond acceptors (Lipinski definition) is 8. The number of aromatic nitrogens is 2. The molecule has 3 aromatic rings. The van der Waals surface area contributed by atoms with Gasteiger partial charge < -0.3 is 13.7 Å². The van der Waals surface area contributed by atoms with E-state index in [1.165, 1.54) is 13.2 Å². The quantitative estimate of drug-likeness (QED) is 0.692. The van der Waals surface area contributed by atoms with E-state index in [-0.39, 0.29) is 17.5 Å². The molecule has 0 bridgehead atoms. The van der Waals surface area contributed by atoms with Crippen molar-refractivity contribution in [3.8, 4) is 22.8 Å². The Labute approximate surface area is 142 Å². The van der Waals surface area contributed by atoms with Gasteiger partial charge in [0, 0.05) is 11.6 Å². The zero-order valence-electron chi connectivity index (χ0n) is 13.2. The smallest absolute Gasteiger partial charge is 0.337 e. The summed E-state index contributed by atoms with van der Waals surface area (Å²) < 4.78 is 37.7. The lowest BCUT2D eigenvalue weighted by Gasteiger charge is -2.00. The normalized spacial score (nSPS) is 11.5. The van der Waals surface area contributed by atoms with E-state index in [1.807, 2.05) is 0 Å². The second-order valence-electron chi connectivity index (χ2n) is 5.08. The van der Waals surface area contributed by atoms with Crippen molar-refractivity contribution in [2.75, 3.05) is 7.11 Å². The number of nitrogens with two attached hydrogens (primary N) is 1. The fourth-order valence-electron chi connectivity index (χ4n) is 2.16. The summed E-state index contributed by atoms with van der Waals surface area (Å²) in [6.07, 6.45) is 0. The Morgan fingerprint density at radius 3 is 2.68 bits per heavy atom. The minimum atomic E-state index is -3.98. The molecule has 0 aliphatic carbocycles. The van der Waals surface area contributed by atoms with Crippen LogP contribution in [-0.2, 0) is 14.8 Å². The standard InChI is InChI=1S/C15H13N3O6S/c1-8-11(7-12(23-8)25(16,20)21)14-17-13(18-24-14)9-4-3-5-10(6-9)15(19)22-2/h3-7H,1-2H3,(H2,16,20,21). The molecule has 25 heavy (non-hydrogen) atoms. The first-order valence-electron chi connectivity index (χ1n) is 6.95. The van der Waals surface area contributed by atoms with Gasteiger partial charge >= 0.3 is 5.97 Å². The highest BCUT2D eigenvalue weighted by Crippen LogP contribution is 2.29. The number of ether oxygens (including phenoxy) is 1. The number of rotatable bonds is 4. The summed E-state index contributed by atoms with van der Waals surface area (Å²) in [5.41, 5.74) is 1.18. The first-order valence-corrected chi connectivity index (χ1v) is 8.50. The molecular weight excluding hydrogens is 350 g/mol. The fraction of sp³-hybridized carbons (Fsp3) is 0.133. The number of carbonyl (C=O) groups is 1. The maximum Gasteiger partial charge on any atom is 0.337 e. The number of furan rings is 1. The molecule has 10 heteroatoms. The summed E-state index contributed by atoms with van der Waals surface area (Å²) in [5.74, 6) is 0.0599. The third-order valence-electron chi connectivity index (χ3n) is 3.37. The van der Waals surface area contributed by atoms with Crippen molar-refractivity contribution in [3.63, 3.8) is 0 Å². The molecule has 0 amide bonds. The van der Waals surface area contributed by atoms with Gasteiger partial charge in [0.2, 0.25) is 10.9 Å². The Bertz CT molecular complexity index is 1050. The largest absolute Gasteiger partial charge is 0.465 e. The van der Waals surface area contributed by atoms with Crippen LogP contribution in [0.5, 0.6) is 0 Å². The van der Waals surface area contributed by atoms with Crippen molar-refractivity contribution in [1.82, 2.24) is 10.1 Å². The van der Waals surface area contributed by atoms with Crippen LogP contribution in [0.1, 0.15) is 16.1 Å². The average molecular weight is 363 g/mol. The molecule has 0 aliphatic heterocycles. The van der Waals surface area contributed by atoms with Gasteiger partial charge in [0.05, 0.1) is 18.2 Å². The van der Waals surface area contributed by atoms with Crippen molar-refractivity contribution in [2.45, 2.75) is 12.0 Å². The molecule has 130 valence electrons. The fourth-order valence-corrected chi connectivity index (χ4v) is 2.68. The van der Waals surface area contributed by atoms with Crippen LogP contribution in [0.25, 0.3) is 22.8 Å². The van der Waals surface area contributed by atoms with Crippen molar-refractivity contribution >= 4 is 16.0 Å². The van der Waals surface area contributed by atoms with E-state index < -0.39 is 21.1 Å². The van der Waals surface area contributed by atoms with Crippen LogP contribution in [0.2, 0.25) is 0 Å². The molecule has 1 aromatic carbocycles. The summed E-state index contributed by atoms with van der Waals surface area (Å²) >= 11 is 0. The molecule has 0 radical (unpaired) electrons. The maximum absolute atomic E-state index is 11.6. The highest BCUT2D eigenvalue weighted by Gasteiger charge is 2.21. The van der Waals surface area contributed by atoms with Crippen molar-refractivity contribution < 1.29 is 26.9 Å². The SMILES string of the molecule is COC(=O)c1cccc(-c2noc(-c3cc(S(N)(=O)=O)oc3C)n2)c1. The molecule has 0 atom stereocenters. The number of benzene rings is 1. The van der Waals surface area contributed by atoms with Gasteiger partial charge in [0.15, 0.2) is 0 Å². The zero-order valence-corrected chi connectivity index (χ0v) is 14.0. The van der Waals surface area contributed by atoms with E-state index in [0.29, 0.717) is 16.7 Å². The third-order valence-corrected chi connectivity index (χ3v) is 4.14. The second kappa shape index (κ2) is 6.15. The van der Waals surface area contributed by atoms with Gasteiger partial charge in [-0.3, -0.25) is 0 Å². The molecule has 0 saturated heterocycles. The van der Waals surface area contributed by atoms with Gasteiger partial charge in [-0.2, -0.15) is 4.98 Å². The monoisotopic (exact) mass is 363 g/mol. The van der Waals surface area contributed by atoms with E-state index >= 15 is 0 Å². The highest BCUT2D eigenvalue weighted by atomic mass is 32.2. The molecule has 0 aliphatic rings. The van der Waals surface area contributed by atoms with Crippen LogP contribution in [0.3, 0.4) is 0 Å². The first kappa shape index (κ1) is 16.9. The summed E-state index contributed by atoms with van der Waals surface area (Å²) in [7, 11) is -2.70. The number of esters is 1. The van der Waals surface area contributed by atoms with E-state index in [9.17, 15) is 13.2 Å². The number of methoxy groups -OCH3 is 1. The van der Waals surface area contributed by atoms with Crippen LogP contribution in [0.15, 0.2) is 44.4 Å². The van der Waals surface area contributed by atoms with Gasteiger partial charge in [-0.05, 0) is 19.1 Å². The van der Waals surface area contributed by atoms with E-state index in [2.05, 4.69) is 14.9 Å². The van der Waals surface area contributed by atoms with Crippen LogP contribution < -0.4 is 5.14 Å². The topological polar surface area (TPSA) is 139 Å². The van der Waals surface area contributed by atoms with E-state index in [1.54, 1.807) is 31.2 Å². The number of carbonyl (C=O) groups excluding carboxylic acids is 1. The molecule has 9 nitrogen and oxygen atoms in total. The molecule has 2 heterocycles. The van der Waals surface area contributed by atoms with Gasteiger partial charge in [-0.15, -0.1) is 0 Å². The molecule has 2 aromatic heterocycles. The first-order chi connectivity index (χ1) is 11.8. The van der Waals surface area contributed by atoms with Crippen LogP contribution in [0, 0.1) is 6.92 Å². The Morgan fingerprint density at radius 2 is 2.04 bits per heavy atom. The highest BCUT2D eigenvalue weighted by molar-refractivity contribution is 7.89. The summed E-state index contributed by atoms with van der Waals surface area (Å²) in [4.78, 5) is 15.8. The van der Waals surface area contributed by atoms with Crippen molar-refractivity contribution in [1.29, 1.82) is 0 Å². The van der Waals surface area contributed by atoms with Crippen LogP contribution in [-0.4, -0.2) is 31.6 Å². The minimum absolute atomic E-state index is 0.0645. The Balaban J connectivity index is 1.99. The van der Waals surface area contributed by atoms with Gasteiger partial charge in [-0.25, -0.2) is 18.4 Å². The zero-order chi connectivity index (χ0) is 18.2. The molecule has 0 fully saturated rings. The maximum atomic E-state index is 11.6. The number of sulfonamides is 1. The number of aryl methyl sites for hydroxylation is 1. The number of hydrogen-bond donors (Lipinski definition) is 1. The molecule has 2 N–H and O–H groups in total. The Hall–Kier alpha value is -2.98. The molecule has 0 saturated carbocycles. The third kappa shape index (κ3) is 3.30. The lowest BCUT2D eigenvalue weighted by molar-refractivity contribution is 0.0600. The van der Waals surface area contributed by atoms with Crippen molar-refractivity contribution in [3.05, 3.63) is 41.7 Å². The van der Waals surface area contributed by atoms with Crippen LogP contribution >= 0.6 is 0 Å². The van der Waals surface area contributed by atoms with Crippen molar-refractivity contribution in [2.24, 2.45) is 5.14 Å². The summed E-state index contributed by atoms with van der Waals surface area (Å²) in [6.45, 7) is 1.55. The Kier molecular flexibility index (Phi) is 4.15. The number of primary sulfonamides is 1. The summed E-state index contributed by atoms with van der Waals surface area (Å²) in [6, 6.07) is 7.71. The van der Waals surface area contributed by atoms with Gasteiger partial charge in [-0.1, -0.05) is 17.3 Å². The molecular formula is C15H13N3O6S. The van der Waals surface area contributed by atoms with Gasteiger partial charge in [0.25, 0.3) is 15.9 Å². The molecule has 0 unspecified atom stereocenters. The van der Waals surface area contributed by atoms with Crippen LogP contribution in [0.4, 0.5) is 0 Å². The lowest BCUT2D eigenvalue weighted by Crippen LogP contribution is -2.10. The second-order valence-corrected chi connectivity index (χ2v) is 6.57. The minimum Gasteiger partial charge on any atom is -0.465 e. The average Bonchev–Trinajstić information content (AvgIpc) is 3.20. The summed E-state index contributed by atoms with van der Waals surface area (Å²) in [5, 5.41) is 8.48. The predicted molar refractivity (Wildman–Crippen MR) is 84.9 cm³/mol. The number of nitrogens with zero attached hydrogens (tertiary/aromatic N) is 2. The molecule has 0 spiro atoms. The predicted octanol–water partition coefficient (Wildman–Crippen LogP) is 1.74. The van der Waals surface area contributed by atoms with Gasteiger partial charge in [0.1, 0.15) is 5.76 Å². The van der Waals surface area contributed by atoms with E-state index in [4.69, 9.17) is 14.1 Å². The molecule has 3 rings (SSSR count).